The molecule has 2 aromatic rings. The van der Waals surface area contributed by atoms with E-state index in [9.17, 15) is 9.59 Å². The lowest BCUT2D eigenvalue weighted by atomic mass is 9.99. The maximum absolute atomic E-state index is 13.6. The monoisotopic (exact) mass is 408 g/mol. The lowest BCUT2D eigenvalue weighted by Crippen LogP contribution is -2.37. The molecule has 2 fully saturated rings. The molecule has 0 aliphatic carbocycles. The van der Waals surface area contributed by atoms with E-state index in [2.05, 4.69) is 4.90 Å². The fourth-order valence-corrected chi connectivity index (χ4v) is 4.58. The van der Waals surface area contributed by atoms with Gasteiger partial charge in [0.25, 0.3) is 5.91 Å². The summed E-state index contributed by atoms with van der Waals surface area (Å²) in [5.41, 5.74) is 3.22. The number of nitrogens with zero attached hydrogens (tertiary/aromatic N) is 2. The van der Waals surface area contributed by atoms with Crippen LogP contribution in [0, 0.1) is 0 Å². The summed E-state index contributed by atoms with van der Waals surface area (Å²) in [4.78, 5) is 30.5. The molecule has 3 aliphatic rings. The second kappa shape index (κ2) is 7.74. The lowest BCUT2D eigenvalue weighted by Gasteiger charge is -2.30. The molecule has 5 rings (SSSR count). The van der Waals surface area contributed by atoms with E-state index in [-0.39, 0.29) is 18.6 Å². The second-order valence-electron chi connectivity index (χ2n) is 7.57. The maximum Gasteiger partial charge on any atom is 0.341 e. The Morgan fingerprint density at radius 1 is 1.13 bits per heavy atom. The van der Waals surface area contributed by atoms with Crippen molar-refractivity contribution in [2.24, 2.45) is 0 Å². The van der Waals surface area contributed by atoms with E-state index in [0.717, 1.165) is 16.8 Å². The van der Waals surface area contributed by atoms with Crippen LogP contribution in [0.4, 0.5) is 5.69 Å². The molecule has 30 heavy (non-hydrogen) atoms. The lowest BCUT2D eigenvalue weighted by molar-refractivity contribution is 0.0351. The number of benzene rings is 2. The predicted molar refractivity (Wildman–Crippen MR) is 109 cm³/mol. The zero-order chi connectivity index (χ0) is 20.7. The Labute approximate surface area is 175 Å². The highest BCUT2D eigenvalue weighted by molar-refractivity contribution is 6.12. The van der Waals surface area contributed by atoms with Gasteiger partial charge in [-0.25, -0.2) is 4.79 Å². The van der Waals surface area contributed by atoms with Crippen LogP contribution in [0.15, 0.2) is 42.5 Å². The van der Waals surface area contributed by atoms with Gasteiger partial charge < -0.3 is 19.1 Å². The average molecular weight is 408 g/mol. The molecule has 3 heterocycles. The number of amides is 1. The standard InChI is InChI=1S/C23H24N2O5/c1-2-29-23(27)20-17(24-10-12-28-13-11-24)9-8-16-19(20)21(26)25-18(14-30-22(16)25)15-6-4-3-5-7-15/h3-9,18,22H,2,10-14H2,1H3/t18-,22-/m0/s1. The summed E-state index contributed by atoms with van der Waals surface area (Å²) in [5, 5.41) is 0. The van der Waals surface area contributed by atoms with Gasteiger partial charge in [-0.15, -0.1) is 0 Å². The minimum Gasteiger partial charge on any atom is -0.462 e. The van der Waals surface area contributed by atoms with Gasteiger partial charge in [-0.1, -0.05) is 36.4 Å². The molecule has 0 N–H and O–H groups in total. The van der Waals surface area contributed by atoms with Crippen LogP contribution in [0.3, 0.4) is 0 Å². The van der Waals surface area contributed by atoms with E-state index in [1.807, 2.05) is 42.5 Å². The first-order valence-corrected chi connectivity index (χ1v) is 10.4. The van der Waals surface area contributed by atoms with Gasteiger partial charge >= 0.3 is 5.97 Å². The van der Waals surface area contributed by atoms with Gasteiger partial charge in [0.2, 0.25) is 0 Å². The van der Waals surface area contributed by atoms with Crippen molar-refractivity contribution in [3.05, 3.63) is 64.7 Å². The number of ether oxygens (including phenoxy) is 3. The first-order valence-electron chi connectivity index (χ1n) is 10.4. The van der Waals surface area contributed by atoms with E-state index in [1.165, 1.54) is 0 Å². The second-order valence-corrected chi connectivity index (χ2v) is 7.57. The number of hydrogen-bond acceptors (Lipinski definition) is 6. The van der Waals surface area contributed by atoms with Gasteiger partial charge in [0.15, 0.2) is 6.23 Å². The smallest absolute Gasteiger partial charge is 0.341 e. The molecule has 2 atom stereocenters. The van der Waals surface area contributed by atoms with Crippen LogP contribution in [-0.2, 0) is 14.2 Å². The van der Waals surface area contributed by atoms with Crippen LogP contribution in [0.2, 0.25) is 0 Å². The summed E-state index contributed by atoms with van der Waals surface area (Å²) >= 11 is 0. The molecule has 7 heteroatoms. The third-order valence-corrected chi connectivity index (χ3v) is 5.95. The molecule has 2 aromatic carbocycles. The Morgan fingerprint density at radius 2 is 1.90 bits per heavy atom. The number of fused-ring (bicyclic) bond motifs is 3. The maximum atomic E-state index is 13.6. The zero-order valence-corrected chi connectivity index (χ0v) is 16.9. The molecule has 0 bridgehead atoms. The number of carbonyl (C=O) groups is 2. The van der Waals surface area contributed by atoms with Gasteiger partial charge in [0, 0.05) is 18.7 Å². The molecule has 3 aliphatic heterocycles. The topological polar surface area (TPSA) is 68.3 Å². The quantitative estimate of drug-likeness (QED) is 0.725. The molecule has 0 saturated carbocycles. The number of esters is 1. The Balaban J connectivity index is 1.60. The summed E-state index contributed by atoms with van der Waals surface area (Å²) in [6.45, 7) is 4.94. The SMILES string of the molecule is CCOC(=O)c1c(N2CCOCC2)ccc2c1C(=O)N1[C@H](c3ccccc3)CO[C@@H]21. The van der Waals surface area contributed by atoms with Crippen molar-refractivity contribution in [3.63, 3.8) is 0 Å². The van der Waals surface area contributed by atoms with Crippen molar-refractivity contribution in [2.75, 3.05) is 44.4 Å². The Morgan fingerprint density at radius 3 is 2.63 bits per heavy atom. The number of carbonyl (C=O) groups excluding carboxylic acids is 2. The largest absolute Gasteiger partial charge is 0.462 e. The molecule has 7 nitrogen and oxygen atoms in total. The summed E-state index contributed by atoms with van der Waals surface area (Å²) < 4.78 is 16.9. The number of hydrogen-bond donors (Lipinski definition) is 0. The summed E-state index contributed by atoms with van der Waals surface area (Å²) in [7, 11) is 0. The molecular weight excluding hydrogens is 384 g/mol. The molecule has 0 radical (unpaired) electrons. The fourth-order valence-electron chi connectivity index (χ4n) is 4.58. The summed E-state index contributed by atoms with van der Waals surface area (Å²) in [6.07, 6.45) is -0.482. The highest BCUT2D eigenvalue weighted by atomic mass is 16.5. The minimum absolute atomic E-state index is 0.181. The Kier molecular flexibility index (Phi) is 4.92. The Hall–Kier alpha value is -2.90. The minimum atomic E-state index is -0.482. The first-order chi connectivity index (χ1) is 14.7. The molecule has 2 saturated heterocycles. The van der Waals surface area contributed by atoms with E-state index in [0.29, 0.717) is 44.0 Å². The molecule has 1 amide bonds. The molecule has 0 aromatic heterocycles. The summed E-state index contributed by atoms with van der Waals surface area (Å²) in [5.74, 6) is -0.652. The van der Waals surface area contributed by atoms with Gasteiger partial charge in [0.1, 0.15) is 0 Å². The molecule has 0 unspecified atom stereocenters. The predicted octanol–water partition coefficient (Wildman–Crippen LogP) is 2.93. The van der Waals surface area contributed by atoms with Crippen molar-refractivity contribution in [1.82, 2.24) is 4.90 Å². The van der Waals surface area contributed by atoms with E-state index in [1.54, 1.807) is 11.8 Å². The van der Waals surface area contributed by atoms with E-state index in [4.69, 9.17) is 14.2 Å². The number of rotatable bonds is 4. The van der Waals surface area contributed by atoms with Crippen molar-refractivity contribution in [3.8, 4) is 0 Å². The van der Waals surface area contributed by atoms with Gasteiger partial charge in [0.05, 0.1) is 49.3 Å². The molecular formula is C23H24N2O5. The van der Waals surface area contributed by atoms with E-state index < -0.39 is 12.2 Å². The molecule has 156 valence electrons. The van der Waals surface area contributed by atoms with Crippen LogP contribution < -0.4 is 4.90 Å². The van der Waals surface area contributed by atoms with Crippen LogP contribution in [0.1, 0.15) is 51.0 Å². The van der Waals surface area contributed by atoms with Crippen LogP contribution in [-0.4, -0.2) is 56.3 Å². The third kappa shape index (κ3) is 2.97. The van der Waals surface area contributed by atoms with Gasteiger partial charge in [-0.05, 0) is 18.6 Å². The van der Waals surface area contributed by atoms with Crippen molar-refractivity contribution < 1.29 is 23.8 Å². The zero-order valence-electron chi connectivity index (χ0n) is 16.9. The number of morpholine rings is 1. The van der Waals surface area contributed by atoms with Crippen LogP contribution in [0.5, 0.6) is 0 Å². The number of anilines is 1. The average Bonchev–Trinajstić information content (AvgIpc) is 3.34. The normalized spacial score (nSPS) is 22.8. The van der Waals surface area contributed by atoms with Crippen LogP contribution >= 0.6 is 0 Å². The highest BCUT2D eigenvalue weighted by Crippen LogP contribution is 2.48. The van der Waals surface area contributed by atoms with Gasteiger partial charge in [-0.2, -0.15) is 0 Å². The first kappa shape index (κ1) is 19.1. The van der Waals surface area contributed by atoms with E-state index >= 15 is 0 Å². The van der Waals surface area contributed by atoms with Crippen LogP contribution in [0.25, 0.3) is 0 Å². The van der Waals surface area contributed by atoms with Crippen molar-refractivity contribution >= 4 is 17.6 Å². The van der Waals surface area contributed by atoms with Crippen molar-refractivity contribution in [2.45, 2.75) is 19.2 Å². The highest BCUT2D eigenvalue weighted by Gasteiger charge is 2.49. The third-order valence-electron chi connectivity index (χ3n) is 5.95. The summed E-state index contributed by atoms with van der Waals surface area (Å²) in [6, 6.07) is 13.5. The molecule has 0 spiro atoms. The fraction of sp³-hybridized carbons (Fsp3) is 0.391. The Bertz CT molecular complexity index is 971. The van der Waals surface area contributed by atoms with Gasteiger partial charge in [-0.3, -0.25) is 9.69 Å². The van der Waals surface area contributed by atoms with Crippen molar-refractivity contribution in [1.29, 1.82) is 0 Å².